The Morgan fingerprint density at radius 3 is 2.79 bits per heavy atom. The van der Waals surface area contributed by atoms with Gasteiger partial charge in [-0.15, -0.1) is 0 Å². The van der Waals surface area contributed by atoms with E-state index in [0.29, 0.717) is 5.92 Å². The molecule has 3 heteroatoms. The zero-order valence-electron chi connectivity index (χ0n) is 12.2. The van der Waals surface area contributed by atoms with Crippen LogP contribution in [-0.2, 0) is 17.2 Å². The third-order valence-electron chi connectivity index (χ3n) is 3.72. The van der Waals surface area contributed by atoms with Crippen LogP contribution in [0.2, 0.25) is 0 Å². The Balaban J connectivity index is 2.24. The van der Waals surface area contributed by atoms with Gasteiger partial charge in [-0.05, 0) is 36.4 Å². The van der Waals surface area contributed by atoms with Crippen LogP contribution in [0.15, 0.2) is 24.3 Å². The molecule has 0 amide bonds. The van der Waals surface area contributed by atoms with Crippen LogP contribution in [0.1, 0.15) is 44.4 Å². The van der Waals surface area contributed by atoms with Gasteiger partial charge in [0.1, 0.15) is 0 Å². The first-order chi connectivity index (χ1) is 9.13. The van der Waals surface area contributed by atoms with Crippen molar-refractivity contribution in [2.24, 2.45) is 5.92 Å². The molecule has 0 aromatic heterocycles. The molecular formula is C16H25NOS. The smallest absolute Gasteiger partial charge is 0.0546 e. The van der Waals surface area contributed by atoms with Crippen molar-refractivity contribution in [3.05, 3.63) is 35.4 Å². The summed E-state index contributed by atoms with van der Waals surface area (Å²) in [5.74, 6) is 1.31. The highest BCUT2D eigenvalue weighted by Crippen LogP contribution is 2.33. The van der Waals surface area contributed by atoms with Crippen LogP contribution in [0.3, 0.4) is 0 Å². The van der Waals surface area contributed by atoms with Crippen LogP contribution in [0.5, 0.6) is 0 Å². The molecule has 1 N–H and O–H groups in total. The highest BCUT2D eigenvalue weighted by atomic mass is 32.2. The molecule has 3 unspecified atom stereocenters. The Bertz CT molecular complexity index is 444. The van der Waals surface area contributed by atoms with Crippen molar-refractivity contribution in [1.29, 1.82) is 0 Å². The maximum atomic E-state index is 12.6. The standard InChI is InChI=1S/C16H25NOS/c1-4-17-16-14-8-6-5-7-13(14)9-10-15(16)19(18)11-12(2)3/h5-8,12,15-17H,4,9-11H2,1-3H3. The molecule has 1 aromatic carbocycles. The van der Waals surface area contributed by atoms with Crippen molar-refractivity contribution in [1.82, 2.24) is 5.32 Å². The highest BCUT2D eigenvalue weighted by molar-refractivity contribution is 7.85. The fourth-order valence-corrected chi connectivity index (χ4v) is 4.76. The van der Waals surface area contributed by atoms with Gasteiger partial charge in [0, 0.05) is 22.6 Å². The normalized spacial score (nSPS) is 24.2. The van der Waals surface area contributed by atoms with Gasteiger partial charge in [0.25, 0.3) is 0 Å². The Morgan fingerprint density at radius 2 is 2.11 bits per heavy atom. The first kappa shape index (κ1) is 14.7. The third kappa shape index (κ3) is 3.46. The summed E-state index contributed by atoms with van der Waals surface area (Å²) < 4.78 is 12.6. The van der Waals surface area contributed by atoms with E-state index in [-0.39, 0.29) is 11.3 Å². The van der Waals surface area contributed by atoms with E-state index in [2.05, 4.69) is 50.4 Å². The third-order valence-corrected chi connectivity index (χ3v) is 5.90. The number of benzene rings is 1. The molecule has 106 valence electrons. The van der Waals surface area contributed by atoms with Gasteiger partial charge in [-0.2, -0.15) is 0 Å². The van der Waals surface area contributed by atoms with Crippen molar-refractivity contribution >= 4 is 10.8 Å². The minimum Gasteiger partial charge on any atom is -0.309 e. The lowest BCUT2D eigenvalue weighted by Gasteiger charge is -2.34. The minimum absolute atomic E-state index is 0.259. The predicted octanol–water partition coefficient (Wildman–Crippen LogP) is 3.06. The lowest BCUT2D eigenvalue weighted by Crippen LogP contribution is -2.39. The zero-order chi connectivity index (χ0) is 13.8. The van der Waals surface area contributed by atoms with Gasteiger partial charge in [-0.25, -0.2) is 0 Å². The molecule has 1 aliphatic carbocycles. The van der Waals surface area contributed by atoms with E-state index in [0.717, 1.165) is 25.1 Å². The number of aryl methyl sites for hydroxylation is 1. The Labute approximate surface area is 119 Å². The predicted molar refractivity (Wildman–Crippen MR) is 82.8 cm³/mol. The van der Waals surface area contributed by atoms with E-state index in [1.807, 2.05) is 0 Å². The summed E-state index contributed by atoms with van der Waals surface area (Å²) in [6.45, 7) is 7.35. The van der Waals surface area contributed by atoms with Gasteiger partial charge in [-0.3, -0.25) is 4.21 Å². The lowest BCUT2D eigenvalue weighted by atomic mass is 9.87. The van der Waals surface area contributed by atoms with Crippen molar-refractivity contribution in [3.8, 4) is 0 Å². The minimum atomic E-state index is -0.738. The zero-order valence-corrected chi connectivity index (χ0v) is 13.0. The fraction of sp³-hybridized carbons (Fsp3) is 0.625. The summed E-state index contributed by atoms with van der Waals surface area (Å²) in [5, 5.41) is 3.81. The molecule has 0 radical (unpaired) electrons. The number of hydrogen-bond acceptors (Lipinski definition) is 2. The van der Waals surface area contributed by atoms with Crippen molar-refractivity contribution in [2.75, 3.05) is 12.3 Å². The van der Waals surface area contributed by atoms with E-state index < -0.39 is 10.8 Å². The van der Waals surface area contributed by atoms with E-state index in [1.165, 1.54) is 11.1 Å². The van der Waals surface area contributed by atoms with Gasteiger partial charge in [0.2, 0.25) is 0 Å². The molecule has 0 aliphatic heterocycles. The quantitative estimate of drug-likeness (QED) is 0.897. The Hall–Kier alpha value is -0.670. The molecule has 0 spiro atoms. The van der Waals surface area contributed by atoms with E-state index in [9.17, 15) is 4.21 Å². The number of nitrogens with one attached hydrogen (secondary N) is 1. The fourth-order valence-electron chi connectivity index (χ4n) is 2.93. The lowest BCUT2D eigenvalue weighted by molar-refractivity contribution is 0.472. The SMILES string of the molecule is CCNC1c2ccccc2CCC1S(=O)CC(C)C. The van der Waals surface area contributed by atoms with Gasteiger partial charge in [0.05, 0.1) is 5.25 Å². The van der Waals surface area contributed by atoms with Crippen LogP contribution < -0.4 is 5.32 Å². The molecule has 0 saturated carbocycles. The first-order valence-corrected chi connectivity index (χ1v) is 8.70. The van der Waals surface area contributed by atoms with Crippen molar-refractivity contribution in [2.45, 2.75) is 44.9 Å². The average Bonchev–Trinajstić information content (AvgIpc) is 2.38. The molecule has 0 saturated heterocycles. The second kappa shape index (κ2) is 6.67. The largest absolute Gasteiger partial charge is 0.309 e. The number of fused-ring (bicyclic) bond motifs is 1. The van der Waals surface area contributed by atoms with Crippen LogP contribution >= 0.6 is 0 Å². The van der Waals surface area contributed by atoms with E-state index >= 15 is 0 Å². The van der Waals surface area contributed by atoms with Gasteiger partial charge in [-0.1, -0.05) is 45.0 Å². The molecule has 1 aliphatic rings. The Morgan fingerprint density at radius 1 is 1.37 bits per heavy atom. The molecule has 0 fully saturated rings. The molecule has 1 aromatic rings. The monoisotopic (exact) mass is 279 g/mol. The topological polar surface area (TPSA) is 29.1 Å². The molecule has 0 bridgehead atoms. The molecular weight excluding hydrogens is 254 g/mol. The second-order valence-electron chi connectivity index (χ2n) is 5.75. The first-order valence-electron chi connectivity index (χ1n) is 7.31. The van der Waals surface area contributed by atoms with Crippen molar-refractivity contribution < 1.29 is 4.21 Å². The van der Waals surface area contributed by atoms with E-state index in [1.54, 1.807) is 0 Å². The molecule has 19 heavy (non-hydrogen) atoms. The summed E-state index contributed by atoms with van der Waals surface area (Å²) in [7, 11) is -0.738. The van der Waals surface area contributed by atoms with Crippen LogP contribution in [-0.4, -0.2) is 21.8 Å². The Kier molecular flexibility index (Phi) is 5.17. The van der Waals surface area contributed by atoms with E-state index in [4.69, 9.17) is 0 Å². The second-order valence-corrected chi connectivity index (χ2v) is 7.45. The summed E-state index contributed by atoms with van der Waals surface area (Å²) >= 11 is 0. The molecule has 2 nitrogen and oxygen atoms in total. The highest BCUT2D eigenvalue weighted by Gasteiger charge is 2.32. The molecule has 2 rings (SSSR count). The van der Waals surface area contributed by atoms with Crippen LogP contribution in [0.25, 0.3) is 0 Å². The average molecular weight is 279 g/mol. The van der Waals surface area contributed by atoms with Gasteiger partial charge in [0.15, 0.2) is 0 Å². The summed E-state index contributed by atoms with van der Waals surface area (Å²) in [5.41, 5.74) is 2.78. The molecule has 3 atom stereocenters. The number of hydrogen-bond donors (Lipinski definition) is 1. The summed E-state index contributed by atoms with van der Waals surface area (Å²) in [4.78, 5) is 0. The maximum Gasteiger partial charge on any atom is 0.0546 e. The number of rotatable bonds is 5. The van der Waals surface area contributed by atoms with Crippen LogP contribution in [0.4, 0.5) is 0 Å². The van der Waals surface area contributed by atoms with Crippen LogP contribution in [0, 0.1) is 5.92 Å². The van der Waals surface area contributed by atoms with Gasteiger partial charge >= 0.3 is 0 Å². The maximum absolute atomic E-state index is 12.6. The van der Waals surface area contributed by atoms with Gasteiger partial charge < -0.3 is 5.32 Å². The molecule has 0 heterocycles. The summed E-state index contributed by atoms with van der Waals surface area (Å²) in [6.07, 6.45) is 2.10. The van der Waals surface area contributed by atoms with Crippen molar-refractivity contribution in [3.63, 3.8) is 0 Å². The summed E-state index contributed by atoms with van der Waals surface area (Å²) in [6, 6.07) is 8.86.